The average Bonchev–Trinajstić information content (AvgIpc) is 3.22. The molecular formula is C16H18N2O. The lowest BCUT2D eigenvalue weighted by molar-refractivity contribution is 0.0982. The molecule has 1 aliphatic carbocycles. The number of Topliss-reactive ketones (excluding diaryl/α,β-unsaturated/α-hetero) is 1. The Bertz CT molecular complexity index is 617. The van der Waals surface area contributed by atoms with Gasteiger partial charge in [-0.3, -0.25) is 9.78 Å². The van der Waals surface area contributed by atoms with E-state index in [9.17, 15) is 4.79 Å². The third-order valence-electron chi connectivity index (χ3n) is 3.51. The minimum atomic E-state index is 0.204. The van der Waals surface area contributed by atoms with E-state index in [1.165, 1.54) is 12.8 Å². The van der Waals surface area contributed by atoms with Gasteiger partial charge in [-0.15, -0.1) is 0 Å². The molecule has 98 valence electrons. The number of carbonyl (C=O) groups is 1. The summed E-state index contributed by atoms with van der Waals surface area (Å²) in [6, 6.07) is 10.4. The molecule has 1 aliphatic rings. The van der Waals surface area contributed by atoms with Crippen molar-refractivity contribution in [3.8, 4) is 0 Å². The highest BCUT2D eigenvalue weighted by molar-refractivity contribution is 5.99. The van der Waals surface area contributed by atoms with Crippen molar-refractivity contribution < 1.29 is 4.79 Å². The number of rotatable bonds is 5. The van der Waals surface area contributed by atoms with Crippen LogP contribution in [0.1, 0.15) is 35.3 Å². The molecule has 0 unspecified atom stereocenters. The molecule has 0 aliphatic heterocycles. The summed E-state index contributed by atoms with van der Waals surface area (Å²) >= 11 is 0. The van der Waals surface area contributed by atoms with Crippen LogP contribution in [0.5, 0.6) is 0 Å². The Balaban J connectivity index is 1.72. The highest BCUT2D eigenvalue weighted by Crippen LogP contribution is 2.19. The quantitative estimate of drug-likeness (QED) is 0.834. The topological polar surface area (TPSA) is 42.0 Å². The van der Waals surface area contributed by atoms with E-state index >= 15 is 0 Å². The molecule has 1 saturated carbocycles. The number of aromatic nitrogens is 1. The lowest BCUT2D eigenvalue weighted by Gasteiger charge is -2.04. The Morgan fingerprint density at radius 1 is 1.32 bits per heavy atom. The summed E-state index contributed by atoms with van der Waals surface area (Å²) < 4.78 is 0. The molecule has 0 atom stereocenters. The molecule has 0 spiro atoms. The summed E-state index contributed by atoms with van der Waals surface area (Å²) in [4.78, 5) is 16.5. The van der Waals surface area contributed by atoms with Crippen molar-refractivity contribution in [3.05, 3.63) is 41.6 Å². The second-order valence-electron chi connectivity index (χ2n) is 5.26. The van der Waals surface area contributed by atoms with Crippen LogP contribution in [0.2, 0.25) is 0 Å². The first-order valence-corrected chi connectivity index (χ1v) is 6.86. The molecule has 1 aromatic heterocycles. The van der Waals surface area contributed by atoms with E-state index < -0.39 is 0 Å². The van der Waals surface area contributed by atoms with Gasteiger partial charge in [0.2, 0.25) is 0 Å². The molecule has 3 rings (SSSR count). The van der Waals surface area contributed by atoms with E-state index in [0.717, 1.165) is 28.7 Å². The number of carbonyl (C=O) groups excluding carboxylic acids is 1. The zero-order valence-electron chi connectivity index (χ0n) is 11.1. The van der Waals surface area contributed by atoms with Crippen LogP contribution in [-0.4, -0.2) is 23.4 Å². The monoisotopic (exact) mass is 254 g/mol. The first-order chi connectivity index (χ1) is 9.22. The van der Waals surface area contributed by atoms with Crippen LogP contribution < -0.4 is 5.32 Å². The standard InChI is InChI=1S/C16H18N2O/c1-11-2-3-12-10-13(4-7-15(12)18-11)16(19)8-9-17-14-5-6-14/h2-4,7,10,14,17H,5-6,8-9H2,1H3. The Labute approximate surface area is 113 Å². The molecule has 1 N–H and O–H groups in total. The Morgan fingerprint density at radius 3 is 2.95 bits per heavy atom. The molecule has 0 saturated heterocycles. The van der Waals surface area contributed by atoms with Crippen LogP contribution in [0.4, 0.5) is 0 Å². The normalized spacial score (nSPS) is 14.8. The average molecular weight is 254 g/mol. The second kappa shape index (κ2) is 5.10. The fourth-order valence-corrected chi connectivity index (χ4v) is 2.22. The molecule has 2 aromatic rings. The zero-order valence-corrected chi connectivity index (χ0v) is 11.1. The molecule has 0 amide bonds. The van der Waals surface area contributed by atoms with Crippen molar-refractivity contribution in [2.75, 3.05) is 6.54 Å². The summed E-state index contributed by atoms with van der Waals surface area (Å²) in [7, 11) is 0. The van der Waals surface area contributed by atoms with Gasteiger partial charge in [0.1, 0.15) is 0 Å². The summed E-state index contributed by atoms with van der Waals surface area (Å²) in [6.07, 6.45) is 3.09. The predicted molar refractivity (Wildman–Crippen MR) is 76.5 cm³/mol. The Morgan fingerprint density at radius 2 is 2.16 bits per heavy atom. The number of fused-ring (bicyclic) bond motifs is 1. The van der Waals surface area contributed by atoms with Crippen molar-refractivity contribution in [2.24, 2.45) is 0 Å². The van der Waals surface area contributed by atoms with Gasteiger partial charge in [-0.05, 0) is 44.0 Å². The number of aryl methyl sites for hydroxylation is 1. The zero-order chi connectivity index (χ0) is 13.2. The predicted octanol–water partition coefficient (Wildman–Crippen LogP) is 2.87. The number of hydrogen-bond donors (Lipinski definition) is 1. The minimum absolute atomic E-state index is 0.204. The van der Waals surface area contributed by atoms with Crippen LogP contribution >= 0.6 is 0 Å². The van der Waals surface area contributed by atoms with Crippen molar-refractivity contribution in [2.45, 2.75) is 32.2 Å². The van der Waals surface area contributed by atoms with E-state index in [2.05, 4.69) is 10.3 Å². The molecular weight excluding hydrogens is 236 g/mol. The first-order valence-electron chi connectivity index (χ1n) is 6.86. The maximum absolute atomic E-state index is 12.1. The van der Waals surface area contributed by atoms with Gasteiger partial charge in [0.25, 0.3) is 0 Å². The van der Waals surface area contributed by atoms with E-state index in [1.807, 2.05) is 37.3 Å². The fourth-order valence-electron chi connectivity index (χ4n) is 2.22. The second-order valence-corrected chi connectivity index (χ2v) is 5.26. The fraction of sp³-hybridized carbons (Fsp3) is 0.375. The van der Waals surface area contributed by atoms with E-state index in [1.54, 1.807) is 0 Å². The summed E-state index contributed by atoms with van der Waals surface area (Å²) in [5.41, 5.74) is 2.74. The van der Waals surface area contributed by atoms with Crippen LogP contribution in [0, 0.1) is 6.92 Å². The van der Waals surface area contributed by atoms with E-state index in [4.69, 9.17) is 0 Å². The van der Waals surface area contributed by atoms with Crippen LogP contribution in [-0.2, 0) is 0 Å². The molecule has 0 radical (unpaired) electrons. The van der Waals surface area contributed by atoms with E-state index in [-0.39, 0.29) is 5.78 Å². The van der Waals surface area contributed by atoms with Crippen molar-refractivity contribution in [3.63, 3.8) is 0 Å². The Hall–Kier alpha value is -1.74. The van der Waals surface area contributed by atoms with Crippen molar-refractivity contribution in [1.82, 2.24) is 10.3 Å². The van der Waals surface area contributed by atoms with Gasteiger partial charge in [-0.2, -0.15) is 0 Å². The molecule has 3 heteroatoms. The summed E-state index contributed by atoms with van der Waals surface area (Å²) in [6.45, 7) is 2.76. The Kier molecular flexibility index (Phi) is 3.30. The number of pyridine rings is 1. The third kappa shape index (κ3) is 2.99. The first kappa shape index (κ1) is 12.3. The van der Waals surface area contributed by atoms with Gasteiger partial charge in [0.05, 0.1) is 5.52 Å². The van der Waals surface area contributed by atoms with Crippen LogP contribution in [0.15, 0.2) is 30.3 Å². The van der Waals surface area contributed by atoms with Gasteiger partial charge < -0.3 is 5.32 Å². The molecule has 1 aromatic carbocycles. The molecule has 19 heavy (non-hydrogen) atoms. The SMILES string of the molecule is Cc1ccc2cc(C(=O)CCNC3CC3)ccc2n1. The number of hydrogen-bond acceptors (Lipinski definition) is 3. The maximum Gasteiger partial charge on any atom is 0.164 e. The van der Waals surface area contributed by atoms with Crippen molar-refractivity contribution in [1.29, 1.82) is 0 Å². The van der Waals surface area contributed by atoms with E-state index in [0.29, 0.717) is 12.5 Å². The molecule has 3 nitrogen and oxygen atoms in total. The lowest BCUT2D eigenvalue weighted by Crippen LogP contribution is -2.20. The summed E-state index contributed by atoms with van der Waals surface area (Å²) in [5, 5.41) is 4.40. The number of nitrogens with one attached hydrogen (secondary N) is 1. The van der Waals surface area contributed by atoms with Crippen LogP contribution in [0.3, 0.4) is 0 Å². The van der Waals surface area contributed by atoms with Gasteiger partial charge in [0.15, 0.2) is 5.78 Å². The maximum atomic E-state index is 12.1. The number of nitrogens with zero attached hydrogens (tertiary/aromatic N) is 1. The van der Waals surface area contributed by atoms with Gasteiger partial charge in [0, 0.05) is 35.7 Å². The number of ketones is 1. The highest BCUT2D eigenvalue weighted by atomic mass is 16.1. The molecule has 1 fully saturated rings. The molecule has 1 heterocycles. The smallest absolute Gasteiger partial charge is 0.164 e. The largest absolute Gasteiger partial charge is 0.314 e. The van der Waals surface area contributed by atoms with Gasteiger partial charge in [-0.1, -0.05) is 6.07 Å². The number of benzene rings is 1. The van der Waals surface area contributed by atoms with Gasteiger partial charge in [-0.25, -0.2) is 0 Å². The lowest BCUT2D eigenvalue weighted by atomic mass is 10.1. The summed E-state index contributed by atoms with van der Waals surface area (Å²) in [5.74, 6) is 0.204. The highest BCUT2D eigenvalue weighted by Gasteiger charge is 2.20. The van der Waals surface area contributed by atoms with Crippen molar-refractivity contribution >= 4 is 16.7 Å². The minimum Gasteiger partial charge on any atom is -0.314 e. The molecule has 0 bridgehead atoms. The van der Waals surface area contributed by atoms with Crippen LogP contribution in [0.25, 0.3) is 10.9 Å². The third-order valence-corrected chi connectivity index (χ3v) is 3.51. The van der Waals surface area contributed by atoms with Gasteiger partial charge >= 0.3 is 0 Å².